The van der Waals surface area contributed by atoms with E-state index >= 15 is 0 Å². The Bertz CT molecular complexity index is 628. The van der Waals surface area contributed by atoms with Crippen molar-refractivity contribution in [3.63, 3.8) is 0 Å². The predicted octanol–water partition coefficient (Wildman–Crippen LogP) is -2.18. The Kier molecular flexibility index (Phi) is 20.1. The van der Waals surface area contributed by atoms with Crippen molar-refractivity contribution >= 4 is 11.9 Å². The van der Waals surface area contributed by atoms with Gasteiger partial charge in [0, 0.05) is 12.4 Å². The first-order valence-corrected chi connectivity index (χ1v) is 6.75. The molecule has 0 aliphatic heterocycles. The van der Waals surface area contributed by atoms with Crippen LogP contribution in [0.3, 0.4) is 0 Å². The molecule has 0 unspecified atom stereocenters. The van der Waals surface area contributed by atoms with Crippen molar-refractivity contribution < 1.29 is 70.7 Å². The van der Waals surface area contributed by atoms with Crippen LogP contribution in [0.4, 0.5) is 0 Å². The molecular weight excluding hydrogens is 399 g/mol. The summed E-state index contributed by atoms with van der Waals surface area (Å²) in [6, 6.07) is 5.47. The number of aromatic hydroxyl groups is 2. The molecule has 14 heteroatoms. The van der Waals surface area contributed by atoms with Crippen molar-refractivity contribution in [2.75, 3.05) is 0 Å². The first-order chi connectivity index (χ1) is 10.8. The number of aromatic nitrogens is 2. The van der Waals surface area contributed by atoms with Gasteiger partial charge in [-0.15, -0.1) is 0 Å². The van der Waals surface area contributed by atoms with Crippen molar-refractivity contribution in [1.29, 1.82) is 0 Å². The number of nitrogens with zero attached hydrogens (tertiary/aromatic N) is 2. The second-order valence-corrected chi connectivity index (χ2v) is 3.69. The molecule has 11 N–H and O–H groups in total. The molecule has 0 bridgehead atoms. The molecule has 2 rings (SSSR count). The van der Waals surface area contributed by atoms with Gasteiger partial charge in [0.2, 0.25) is 0 Å². The summed E-state index contributed by atoms with van der Waals surface area (Å²) in [6.07, 6.45) is 2.62. The molecule has 0 aliphatic carbocycles. The Hall–Kier alpha value is -2.94. The van der Waals surface area contributed by atoms with E-state index in [9.17, 15) is 9.59 Å². The van der Waals surface area contributed by atoms with E-state index in [1.54, 1.807) is 0 Å². The van der Waals surface area contributed by atoms with Gasteiger partial charge in [-0.25, -0.2) is 19.6 Å². The zero-order valence-electron chi connectivity index (χ0n) is 12.8. The molecule has 2 heterocycles. The minimum atomic E-state index is -1.56. The van der Waals surface area contributed by atoms with E-state index in [1.165, 1.54) is 36.7 Å². The first kappa shape index (κ1) is 30.9. The van der Waals surface area contributed by atoms with Gasteiger partial charge >= 0.3 is 36.2 Å². The Morgan fingerprint density at radius 1 is 0.808 bits per heavy atom. The summed E-state index contributed by atoms with van der Waals surface area (Å²) in [6.45, 7) is 0. The molecule has 26 heavy (non-hydrogen) atoms. The number of rotatable bonds is 2. The van der Waals surface area contributed by atoms with Crippen LogP contribution in [0.1, 0.15) is 21.0 Å². The summed E-state index contributed by atoms with van der Waals surface area (Å²) in [5, 5.41) is 34.4. The standard InChI is InChI=1S/2C6H5NO3.4H2O.O.V/c2*8-4-2-1-3-7-5(4)6(9)10;;;;;;/h2*1-3,8H,(H,9,10);4*1H2;;/q;;;;;;;+1/p-1. The second-order valence-electron chi connectivity index (χ2n) is 3.43. The molecule has 0 saturated carbocycles. The molecular formula is C12H17N2O11V. The summed E-state index contributed by atoms with van der Waals surface area (Å²) in [5.74, 6) is -3.07. The van der Waals surface area contributed by atoms with Gasteiger partial charge in [0.25, 0.3) is 0 Å². The summed E-state index contributed by atoms with van der Waals surface area (Å²) in [4.78, 5) is 27.3. The second kappa shape index (κ2) is 16.9. The maximum atomic E-state index is 10.2. The molecule has 0 amide bonds. The van der Waals surface area contributed by atoms with E-state index in [0.717, 1.165) is 0 Å². The normalized spacial score (nSPS) is 7.58. The molecule has 0 saturated heterocycles. The molecule has 0 spiro atoms. The van der Waals surface area contributed by atoms with E-state index in [4.69, 9.17) is 28.1 Å². The number of pyridine rings is 2. The fraction of sp³-hybridized carbons (Fsp3) is 0. The third-order valence-electron chi connectivity index (χ3n) is 1.98. The Morgan fingerprint density at radius 3 is 1.23 bits per heavy atom. The van der Waals surface area contributed by atoms with Crippen LogP contribution in [0.2, 0.25) is 0 Å². The monoisotopic (exact) mass is 416 g/mol. The minimum absolute atomic E-state index is 0. The van der Waals surface area contributed by atoms with Crippen LogP contribution in [0.5, 0.6) is 11.5 Å². The van der Waals surface area contributed by atoms with E-state index in [-0.39, 0.29) is 39.3 Å². The quantitative estimate of drug-likeness (QED) is 0.353. The van der Waals surface area contributed by atoms with Gasteiger partial charge < -0.3 is 36.9 Å². The maximum absolute atomic E-state index is 10.2. The Labute approximate surface area is 152 Å². The van der Waals surface area contributed by atoms with E-state index in [2.05, 4.69) is 9.97 Å². The number of aromatic carboxylic acids is 2. The molecule has 13 nitrogen and oxygen atoms in total. The molecule has 146 valence electrons. The van der Waals surface area contributed by atoms with Gasteiger partial charge in [0.1, 0.15) is 11.5 Å². The van der Waals surface area contributed by atoms with Gasteiger partial charge in [-0.3, -0.25) is 0 Å². The van der Waals surface area contributed by atoms with Crippen molar-refractivity contribution in [2.45, 2.75) is 0 Å². The topological polar surface area (TPSA) is 273 Å². The van der Waals surface area contributed by atoms with Crippen LogP contribution in [0.15, 0.2) is 36.7 Å². The van der Waals surface area contributed by atoms with Crippen LogP contribution in [-0.4, -0.2) is 62.8 Å². The van der Waals surface area contributed by atoms with Gasteiger partial charge in [-0.2, -0.15) is 0 Å². The Balaban J connectivity index is -0.000000147. The van der Waals surface area contributed by atoms with E-state index in [1.807, 2.05) is 0 Å². The molecule has 0 aromatic carbocycles. The average molecular weight is 416 g/mol. The van der Waals surface area contributed by atoms with Gasteiger partial charge in [0.05, 0.1) is 0 Å². The number of carboxylic acid groups (broad SMARTS) is 2. The van der Waals surface area contributed by atoms with Crippen molar-refractivity contribution in [2.24, 2.45) is 0 Å². The molecule has 0 fully saturated rings. The summed E-state index contributed by atoms with van der Waals surface area (Å²) >= 11 is -1.56. The third-order valence-corrected chi connectivity index (χ3v) is 1.98. The van der Waals surface area contributed by atoms with Crippen molar-refractivity contribution in [3.8, 4) is 11.5 Å². The van der Waals surface area contributed by atoms with Crippen LogP contribution in [0.25, 0.3) is 0 Å². The zero-order valence-corrected chi connectivity index (χ0v) is 14.2. The van der Waals surface area contributed by atoms with Crippen LogP contribution in [0, 0.1) is 0 Å². The number of hydrogen-bond acceptors (Lipinski definition) is 7. The summed E-state index contributed by atoms with van der Waals surface area (Å²) in [7, 11) is 0. The molecule has 0 radical (unpaired) electrons. The molecule has 0 aliphatic rings. The molecule has 2 aromatic rings. The van der Waals surface area contributed by atoms with E-state index < -0.39 is 28.5 Å². The van der Waals surface area contributed by atoms with Gasteiger partial charge in [-0.1, -0.05) is 0 Å². The SMILES string of the molecule is O.O.O.O=C(O)c1ncccc1O.O=C(O)c1ncccc1O.[O]=[V][OH]. The molecule has 0 atom stereocenters. The van der Waals surface area contributed by atoms with E-state index in [0.29, 0.717) is 0 Å². The zero-order chi connectivity index (χ0) is 17.8. The van der Waals surface area contributed by atoms with Crippen molar-refractivity contribution in [3.05, 3.63) is 48.0 Å². The fourth-order valence-electron chi connectivity index (χ4n) is 1.12. The van der Waals surface area contributed by atoms with Crippen LogP contribution < -0.4 is 0 Å². The summed E-state index contributed by atoms with van der Waals surface area (Å²) < 4.78 is 15.7. The van der Waals surface area contributed by atoms with Crippen LogP contribution >= 0.6 is 0 Å². The predicted molar refractivity (Wildman–Crippen MR) is 79.5 cm³/mol. The third kappa shape index (κ3) is 11.6. The summed E-state index contributed by atoms with van der Waals surface area (Å²) in [5.41, 5.74) is -0.634. The number of carbonyl (C=O) groups is 2. The molecule has 2 aromatic heterocycles. The Morgan fingerprint density at radius 2 is 1.08 bits per heavy atom. The number of hydrogen-bond donors (Lipinski definition) is 5. The fourth-order valence-corrected chi connectivity index (χ4v) is 1.12. The van der Waals surface area contributed by atoms with Gasteiger partial charge in [0.15, 0.2) is 11.4 Å². The average Bonchev–Trinajstić information content (AvgIpc) is 2.49. The number of carboxylic acids is 2. The van der Waals surface area contributed by atoms with Crippen molar-refractivity contribution in [1.82, 2.24) is 9.97 Å². The first-order valence-electron chi connectivity index (χ1n) is 5.56. The van der Waals surface area contributed by atoms with Crippen LogP contribution in [-0.2, 0) is 20.3 Å². The van der Waals surface area contributed by atoms with Gasteiger partial charge in [-0.05, 0) is 24.3 Å².